The highest BCUT2D eigenvalue weighted by Gasteiger charge is 2.24. The van der Waals surface area contributed by atoms with E-state index in [1.165, 1.54) is 38.4 Å². The molecule has 0 aliphatic rings. The van der Waals surface area contributed by atoms with Gasteiger partial charge in [0, 0.05) is 37.7 Å². The van der Waals surface area contributed by atoms with E-state index in [9.17, 15) is 13.2 Å². The van der Waals surface area contributed by atoms with Crippen molar-refractivity contribution in [2.75, 3.05) is 18.5 Å². The molecule has 0 saturated heterocycles. The number of carbonyl (C=O) groups is 1. The van der Waals surface area contributed by atoms with Crippen LogP contribution in [-0.2, 0) is 16.6 Å². The van der Waals surface area contributed by atoms with Gasteiger partial charge in [-0.05, 0) is 54.1 Å². The Kier molecular flexibility index (Phi) is 6.60. The summed E-state index contributed by atoms with van der Waals surface area (Å²) >= 11 is 0. The molecule has 0 aliphatic carbocycles. The minimum absolute atomic E-state index is 0.0656. The summed E-state index contributed by atoms with van der Waals surface area (Å²) in [4.78, 5) is 16.9. The van der Waals surface area contributed by atoms with Crippen molar-refractivity contribution in [2.24, 2.45) is 0 Å². The van der Waals surface area contributed by atoms with Gasteiger partial charge >= 0.3 is 0 Å². The second-order valence-electron chi connectivity index (χ2n) is 7.33. The first-order chi connectivity index (χ1) is 16.4. The summed E-state index contributed by atoms with van der Waals surface area (Å²) in [6.07, 6.45) is 5.13. The number of pyridine rings is 1. The zero-order chi connectivity index (χ0) is 24.1. The number of ether oxygens (including phenoxy) is 1. The number of aromatic nitrogens is 3. The van der Waals surface area contributed by atoms with Gasteiger partial charge in [0.2, 0.25) is 0 Å². The predicted octanol–water partition coefficient (Wildman–Crippen LogP) is 3.03. The number of nitrogens with one attached hydrogen (secondary N) is 1. The predicted molar refractivity (Wildman–Crippen MR) is 128 cm³/mol. The maximum atomic E-state index is 13.1. The Hall–Kier alpha value is -4.18. The maximum Gasteiger partial charge on any atom is 0.264 e. The van der Waals surface area contributed by atoms with Gasteiger partial charge < -0.3 is 10.1 Å². The average molecular weight is 478 g/mol. The van der Waals surface area contributed by atoms with Crippen LogP contribution in [0.3, 0.4) is 0 Å². The molecular weight excluding hydrogens is 454 g/mol. The number of hydrogen-bond donors (Lipinski definition) is 1. The van der Waals surface area contributed by atoms with Crippen LogP contribution in [0.4, 0.5) is 5.69 Å². The van der Waals surface area contributed by atoms with Gasteiger partial charge in [0.05, 0.1) is 17.7 Å². The van der Waals surface area contributed by atoms with E-state index in [0.717, 1.165) is 9.87 Å². The van der Waals surface area contributed by atoms with Crippen molar-refractivity contribution in [2.45, 2.75) is 11.4 Å². The largest absolute Gasteiger partial charge is 0.495 e. The highest BCUT2D eigenvalue weighted by atomic mass is 32.2. The maximum absolute atomic E-state index is 13.1. The van der Waals surface area contributed by atoms with Crippen molar-refractivity contribution in [1.29, 1.82) is 0 Å². The molecule has 4 aromatic rings. The zero-order valence-electron chi connectivity index (χ0n) is 18.6. The van der Waals surface area contributed by atoms with Gasteiger partial charge in [-0.1, -0.05) is 18.2 Å². The summed E-state index contributed by atoms with van der Waals surface area (Å²) < 4.78 is 34.2. The van der Waals surface area contributed by atoms with Crippen LogP contribution in [0.25, 0.3) is 5.82 Å². The Bertz CT molecular complexity index is 1370. The molecule has 2 aromatic heterocycles. The molecule has 34 heavy (non-hydrogen) atoms. The smallest absolute Gasteiger partial charge is 0.264 e. The van der Waals surface area contributed by atoms with Crippen molar-refractivity contribution in [1.82, 2.24) is 20.1 Å². The molecule has 0 radical (unpaired) electrons. The summed E-state index contributed by atoms with van der Waals surface area (Å²) in [5.41, 5.74) is 1.58. The third kappa shape index (κ3) is 4.76. The standard InChI is InChI=1S/C24H23N5O4S/c1-28(21-6-3-4-7-22(21)33-2)34(31,32)20-11-9-19(10-12-20)24(30)26-17-18-8-13-23(25-16-18)29-15-5-14-27-29/h3-16H,17H2,1-2H3,(H,26,30). The van der Waals surface area contributed by atoms with Crippen LogP contribution in [0.2, 0.25) is 0 Å². The number of methoxy groups -OCH3 is 1. The molecule has 0 spiro atoms. The van der Waals surface area contributed by atoms with E-state index >= 15 is 0 Å². The number of rotatable bonds is 8. The van der Waals surface area contributed by atoms with Crippen LogP contribution in [0.5, 0.6) is 5.75 Å². The first-order valence-corrected chi connectivity index (χ1v) is 11.8. The van der Waals surface area contributed by atoms with Gasteiger partial charge in [-0.2, -0.15) is 5.10 Å². The monoisotopic (exact) mass is 477 g/mol. The molecular formula is C24H23N5O4S. The third-order valence-electron chi connectivity index (χ3n) is 5.20. The number of anilines is 1. The normalized spacial score (nSPS) is 11.1. The van der Waals surface area contributed by atoms with E-state index in [0.29, 0.717) is 22.8 Å². The lowest BCUT2D eigenvalue weighted by molar-refractivity contribution is 0.0951. The van der Waals surface area contributed by atoms with E-state index in [-0.39, 0.29) is 17.3 Å². The Morgan fingerprint density at radius 3 is 2.47 bits per heavy atom. The van der Waals surface area contributed by atoms with E-state index < -0.39 is 10.0 Å². The van der Waals surface area contributed by atoms with Crippen LogP contribution in [0.15, 0.2) is 90.2 Å². The third-order valence-corrected chi connectivity index (χ3v) is 6.99. The highest BCUT2D eigenvalue weighted by molar-refractivity contribution is 7.92. The summed E-state index contributed by atoms with van der Waals surface area (Å²) in [6.45, 7) is 0.280. The Labute approximate surface area is 197 Å². The molecule has 10 heteroatoms. The van der Waals surface area contributed by atoms with Crippen molar-refractivity contribution in [3.05, 3.63) is 96.4 Å². The summed E-state index contributed by atoms with van der Waals surface area (Å²) in [7, 11) is -0.898. The molecule has 1 N–H and O–H groups in total. The SMILES string of the molecule is COc1ccccc1N(C)S(=O)(=O)c1ccc(C(=O)NCc2ccc(-n3cccn3)nc2)cc1. The molecule has 2 aromatic carbocycles. The summed E-state index contributed by atoms with van der Waals surface area (Å²) in [5.74, 6) is 0.796. The lowest BCUT2D eigenvalue weighted by Crippen LogP contribution is -2.27. The first kappa shape index (κ1) is 23.0. The van der Waals surface area contributed by atoms with Crippen molar-refractivity contribution in [3.8, 4) is 11.6 Å². The number of hydrogen-bond acceptors (Lipinski definition) is 6. The van der Waals surface area contributed by atoms with Gasteiger partial charge in [-0.3, -0.25) is 9.10 Å². The average Bonchev–Trinajstić information content (AvgIpc) is 3.42. The number of benzene rings is 2. The fourth-order valence-corrected chi connectivity index (χ4v) is 4.51. The molecule has 0 fully saturated rings. The second kappa shape index (κ2) is 9.75. The molecule has 1 amide bonds. The Morgan fingerprint density at radius 1 is 1.06 bits per heavy atom. The number of nitrogens with zero attached hydrogens (tertiary/aromatic N) is 4. The molecule has 4 rings (SSSR count). The van der Waals surface area contributed by atoms with E-state index in [2.05, 4.69) is 15.4 Å². The van der Waals surface area contributed by atoms with Crippen molar-refractivity contribution in [3.63, 3.8) is 0 Å². The molecule has 174 valence electrons. The van der Waals surface area contributed by atoms with Crippen LogP contribution in [-0.4, -0.2) is 43.2 Å². The van der Waals surface area contributed by atoms with Crippen LogP contribution in [0, 0.1) is 0 Å². The Balaban J connectivity index is 1.42. The molecule has 2 heterocycles. The van der Waals surface area contributed by atoms with E-state index in [4.69, 9.17) is 4.74 Å². The van der Waals surface area contributed by atoms with Crippen molar-refractivity contribution >= 4 is 21.6 Å². The molecule has 9 nitrogen and oxygen atoms in total. The van der Waals surface area contributed by atoms with Crippen LogP contribution < -0.4 is 14.4 Å². The molecule has 0 aliphatic heterocycles. The fourth-order valence-electron chi connectivity index (χ4n) is 3.30. The van der Waals surface area contributed by atoms with E-state index in [1.807, 2.05) is 18.2 Å². The number of carbonyl (C=O) groups excluding carboxylic acids is 1. The lowest BCUT2D eigenvalue weighted by atomic mass is 10.2. The molecule has 0 unspecified atom stereocenters. The van der Waals surface area contributed by atoms with Gasteiger partial charge in [-0.25, -0.2) is 18.1 Å². The van der Waals surface area contributed by atoms with Gasteiger partial charge in [-0.15, -0.1) is 0 Å². The lowest BCUT2D eigenvalue weighted by Gasteiger charge is -2.21. The fraction of sp³-hybridized carbons (Fsp3) is 0.125. The Morgan fingerprint density at radius 2 is 1.82 bits per heavy atom. The minimum Gasteiger partial charge on any atom is -0.495 e. The number of amides is 1. The summed E-state index contributed by atoms with van der Waals surface area (Å²) in [5, 5.41) is 6.94. The second-order valence-corrected chi connectivity index (χ2v) is 9.30. The van der Waals surface area contributed by atoms with Crippen molar-refractivity contribution < 1.29 is 17.9 Å². The highest BCUT2D eigenvalue weighted by Crippen LogP contribution is 2.30. The quantitative estimate of drug-likeness (QED) is 0.418. The first-order valence-electron chi connectivity index (χ1n) is 10.4. The van der Waals surface area contributed by atoms with Crippen LogP contribution >= 0.6 is 0 Å². The molecule has 0 saturated carbocycles. The zero-order valence-corrected chi connectivity index (χ0v) is 19.4. The number of sulfonamides is 1. The van der Waals surface area contributed by atoms with Gasteiger partial charge in [0.25, 0.3) is 15.9 Å². The molecule has 0 bridgehead atoms. The molecule has 0 atom stereocenters. The van der Waals surface area contributed by atoms with Gasteiger partial charge in [0.15, 0.2) is 5.82 Å². The number of para-hydroxylation sites is 2. The minimum atomic E-state index is -3.84. The van der Waals surface area contributed by atoms with Gasteiger partial charge in [0.1, 0.15) is 5.75 Å². The summed E-state index contributed by atoms with van der Waals surface area (Å²) in [6, 6.07) is 18.1. The topological polar surface area (TPSA) is 106 Å². The van der Waals surface area contributed by atoms with Crippen LogP contribution in [0.1, 0.15) is 15.9 Å². The van der Waals surface area contributed by atoms with E-state index in [1.54, 1.807) is 47.5 Å².